The Morgan fingerprint density at radius 1 is 1.11 bits per heavy atom. The van der Waals surface area contributed by atoms with E-state index in [0.717, 1.165) is 29.0 Å². The molecule has 3 aromatic rings. The van der Waals surface area contributed by atoms with Gasteiger partial charge in [-0.15, -0.1) is 0 Å². The minimum atomic E-state index is -2.44. The molecule has 46 heavy (non-hydrogen) atoms. The number of ether oxygens (including phenoxy) is 2. The van der Waals surface area contributed by atoms with Gasteiger partial charge >= 0.3 is 0 Å². The zero-order valence-corrected chi connectivity index (χ0v) is 28.0. The van der Waals surface area contributed by atoms with Crippen LogP contribution in [0.1, 0.15) is 37.3 Å². The van der Waals surface area contributed by atoms with E-state index in [2.05, 4.69) is 37.5 Å². The normalized spacial score (nSPS) is 23.9. The van der Waals surface area contributed by atoms with Crippen LogP contribution in [0, 0.1) is 5.92 Å². The standard InChI is InChI=1S/C36H43N3O6Si/c1-24-34(46(3,4)28-15-13-27(44-2)14-16-28)31(22-33(42)38(19-20-40)23-25-9-6-5-7-10-25)45-36(24)29-21-26(39-18-8-11-32(39)41)12-17-30(29)37-35(36)43/h5-7,9-10,12-17,21,24,31,34,40H,8,11,18-20,22-23H2,1-4H3,(H,37,43)/t24-,31+,34-,36+/m0/s1. The summed E-state index contributed by atoms with van der Waals surface area (Å²) in [4.78, 5) is 44.3. The van der Waals surface area contributed by atoms with E-state index in [0.29, 0.717) is 25.2 Å². The number of anilines is 2. The van der Waals surface area contributed by atoms with Crippen LogP contribution in [0.25, 0.3) is 0 Å². The van der Waals surface area contributed by atoms with Crippen LogP contribution in [-0.2, 0) is 31.3 Å². The highest BCUT2D eigenvalue weighted by atomic mass is 28.3. The molecule has 0 unspecified atom stereocenters. The lowest BCUT2D eigenvalue weighted by molar-refractivity contribution is -0.148. The zero-order valence-electron chi connectivity index (χ0n) is 27.0. The molecular formula is C36H43N3O6Si. The van der Waals surface area contributed by atoms with Crippen molar-refractivity contribution in [3.63, 3.8) is 0 Å². The number of nitrogens with one attached hydrogen (secondary N) is 1. The summed E-state index contributed by atoms with van der Waals surface area (Å²) in [6.45, 7) is 7.67. The smallest absolute Gasteiger partial charge is 0.261 e. The van der Waals surface area contributed by atoms with Crippen LogP contribution in [0.15, 0.2) is 72.8 Å². The highest BCUT2D eigenvalue weighted by Crippen LogP contribution is 2.59. The molecule has 242 valence electrons. The van der Waals surface area contributed by atoms with Gasteiger partial charge in [0, 0.05) is 48.9 Å². The van der Waals surface area contributed by atoms with Gasteiger partial charge in [-0.05, 0) is 47.9 Å². The lowest BCUT2D eigenvalue weighted by Gasteiger charge is -2.37. The average molecular weight is 642 g/mol. The van der Waals surface area contributed by atoms with Crippen LogP contribution in [0.2, 0.25) is 18.6 Å². The number of methoxy groups -OCH3 is 1. The quantitative estimate of drug-likeness (QED) is 0.318. The summed E-state index contributed by atoms with van der Waals surface area (Å²) in [5.74, 6) is 0.187. The minimum absolute atomic E-state index is 0.0725. The summed E-state index contributed by atoms with van der Waals surface area (Å²) < 4.78 is 12.4. The van der Waals surface area contributed by atoms with Crippen LogP contribution >= 0.6 is 0 Å². The van der Waals surface area contributed by atoms with Gasteiger partial charge in [-0.3, -0.25) is 14.4 Å². The molecule has 2 N–H and O–H groups in total. The second-order valence-corrected chi connectivity index (χ2v) is 17.9. The van der Waals surface area contributed by atoms with Gasteiger partial charge in [0.1, 0.15) is 5.75 Å². The maximum atomic E-state index is 14.1. The summed E-state index contributed by atoms with van der Waals surface area (Å²) in [5, 5.41) is 14.1. The number of amides is 3. The van der Waals surface area contributed by atoms with Crippen molar-refractivity contribution in [2.45, 2.75) is 63.1 Å². The molecule has 3 aliphatic rings. The second kappa shape index (κ2) is 12.7. The first-order valence-corrected chi connectivity index (χ1v) is 19.2. The van der Waals surface area contributed by atoms with Gasteiger partial charge < -0.3 is 29.7 Å². The molecule has 0 bridgehead atoms. The summed E-state index contributed by atoms with van der Waals surface area (Å²) in [6, 6.07) is 23.5. The first-order chi connectivity index (χ1) is 22.1. The van der Waals surface area contributed by atoms with E-state index in [-0.39, 0.29) is 48.8 Å². The Morgan fingerprint density at radius 3 is 2.50 bits per heavy atom. The molecule has 10 heteroatoms. The number of fused-ring (bicyclic) bond motifs is 2. The zero-order chi connectivity index (χ0) is 32.6. The number of hydrogen-bond acceptors (Lipinski definition) is 6. The van der Waals surface area contributed by atoms with Gasteiger partial charge in [0.05, 0.1) is 34.3 Å². The maximum Gasteiger partial charge on any atom is 0.261 e. The van der Waals surface area contributed by atoms with Crippen LogP contribution in [0.5, 0.6) is 5.75 Å². The molecule has 9 nitrogen and oxygen atoms in total. The van der Waals surface area contributed by atoms with Gasteiger partial charge in [0.25, 0.3) is 5.91 Å². The van der Waals surface area contributed by atoms with Crippen LogP contribution in [0.4, 0.5) is 11.4 Å². The molecule has 0 radical (unpaired) electrons. The molecular weight excluding hydrogens is 598 g/mol. The third-order valence-electron chi connectivity index (χ3n) is 10.3. The van der Waals surface area contributed by atoms with Gasteiger partial charge in [-0.2, -0.15) is 0 Å². The fourth-order valence-electron chi connectivity index (χ4n) is 7.93. The lowest BCUT2D eigenvalue weighted by atomic mass is 9.82. The van der Waals surface area contributed by atoms with E-state index >= 15 is 0 Å². The van der Waals surface area contributed by atoms with E-state index < -0.39 is 19.8 Å². The van der Waals surface area contributed by atoms with Crippen molar-refractivity contribution < 1.29 is 29.0 Å². The summed E-state index contributed by atoms with van der Waals surface area (Å²) in [6.07, 6.45) is 0.820. The Bertz CT molecular complexity index is 1610. The fourth-order valence-corrected chi connectivity index (χ4v) is 11.9. The SMILES string of the molecule is COc1ccc([Si](C)(C)[C@@H]2[C@@H](CC(=O)N(CCO)Cc3ccccc3)O[C@]3(C(=O)Nc4ccc(N5CCCC5=O)cc43)[C@H]2C)cc1. The number of nitrogens with zero attached hydrogens (tertiary/aromatic N) is 2. The number of aliphatic hydroxyl groups excluding tert-OH is 1. The molecule has 4 atom stereocenters. The highest BCUT2D eigenvalue weighted by molar-refractivity contribution is 6.91. The largest absolute Gasteiger partial charge is 0.497 e. The van der Waals surface area contributed by atoms with Crippen molar-refractivity contribution in [3.05, 3.63) is 83.9 Å². The molecule has 3 aromatic carbocycles. The van der Waals surface area contributed by atoms with E-state index in [1.54, 1.807) is 16.9 Å². The number of rotatable bonds is 10. The van der Waals surface area contributed by atoms with Crippen molar-refractivity contribution in [2.24, 2.45) is 5.92 Å². The van der Waals surface area contributed by atoms with E-state index in [1.807, 2.05) is 60.7 Å². The molecule has 2 saturated heterocycles. The number of carbonyl (C=O) groups is 3. The molecule has 0 aromatic heterocycles. The Balaban J connectivity index is 1.40. The van der Waals surface area contributed by atoms with E-state index in [4.69, 9.17) is 9.47 Å². The van der Waals surface area contributed by atoms with E-state index in [1.165, 1.54) is 5.19 Å². The minimum Gasteiger partial charge on any atom is -0.497 e. The van der Waals surface area contributed by atoms with Crippen molar-refractivity contribution in [3.8, 4) is 5.75 Å². The molecule has 0 saturated carbocycles. The molecule has 6 rings (SSSR count). The Labute approximate surface area is 271 Å². The predicted molar refractivity (Wildman–Crippen MR) is 180 cm³/mol. The van der Waals surface area contributed by atoms with Crippen molar-refractivity contribution >= 4 is 42.4 Å². The summed E-state index contributed by atoms with van der Waals surface area (Å²) >= 11 is 0. The molecule has 2 fully saturated rings. The monoisotopic (exact) mass is 641 g/mol. The summed E-state index contributed by atoms with van der Waals surface area (Å²) in [5.41, 5.74) is 1.69. The van der Waals surface area contributed by atoms with Gasteiger partial charge in [-0.1, -0.05) is 67.7 Å². The topological polar surface area (TPSA) is 108 Å². The number of hydrogen-bond donors (Lipinski definition) is 2. The first-order valence-electron chi connectivity index (χ1n) is 16.1. The van der Waals surface area contributed by atoms with Gasteiger partial charge in [0.15, 0.2) is 5.60 Å². The third kappa shape index (κ3) is 5.52. The van der Waals surface area contributed by atoms with Gasteiger partial charge in [-0.25, -0.2) is 0 Å². The lowest BCUT2D eigenvalue weighted by Crippen LogP contribution is -2.52. The second-order valence-electron chi connectivity index (χ2n) is 13.2. The van der Waals surface area contributed by atoms with Crippen molar-refractivity contribution in [2.75, 3.05) is 37.0 Å². The molecule has 3 heterocycles. The number of carbonyl (C=O) groups excluding carboxylic acids is 3. The Kier molecular flexibility index (Phi) is 8.80. The van der Waals surface area contributed by atoms with Gasteiger partial charge in [0.2, 0.25) is 11.8 Å². The fraction of sp³-hybridized carbons (Fsp3) is 0.417. The van der Waals surface area contributed by atoms with E-state index in [9.17, 15) is 19.5 Å². The molecule has 3 aliphatic heterocycles. The Hall–Kier alpha value is -3.99. The maximum absolute atomic E-state index is 14.1. The summed E-state index contributed by atoms with van der Waals surface area (Å²) in [7, 11) is -0.800. The third-order valence-corrected chi connectivity index (χ3v) is 14.6. The molecule has 3 amide bonds. The van der Waals surface area contributed by atoms with Crippen LogP contribution in [0.3, 0.4) is 0 Å². The predicted octanol–water partition coefficient (Wildman–Crippen LogP) is 4.40. The van der Waals surface area contributed by atoms with Crippen LogP contribution in [-0.4, -0.2) is 68.7 Å². The number of benzene rings is 3. The van der Waals surface area contributed by atoms with Crippen molar-refractivity contribution in [1.82, 2.24) is 4.90 Å². The Morgan fingerprint density at radius 2 is 1.85 bits per heavy atom. The van der Waals surface area contributed by atoms with Crippen LogP contribution < -0.4 is 20.1 Å². The highest BCUT2D eigenvalue weighted by Gasteiger charge is 2.65. The molecule has 0 aliphatic carbocycles. The average Bonchev–Trinajstić information content (AvgIpc) is 3.70. The first kappa shape index (κ1) is 32.0. The molecule has 1 spiro atoms. The van der Waals surface area contributed by atoms with Crippen molar-refractivity contribution in [1.29, 1.82) is 0 Å². The number of aliphatic hydroxyl groups is 1.